The van der Waals surface area contributed by atoms with E-state index in [0.717, 1.165) is 6.42 Å². The van der Waals surface area contributed by atoms with Crippen LogP contribution in [0.15, 0.2) is 0 Å². The summed E-state index contributed by atoms with van der Waals surface area (Å²) in [5.41, 5.74) is 5.57. The van der Waals surface area contributed by atoms with Crippen LogP contribution in [-0.2, 0) is 14.6 Å². The van der Waals surface area contributed by atoms with Gasteiger partial charge < -0.3 is 15.8 Å². The van der Waals surface area contributed by atoms with Gasteiger partial charge in [0.05, 0.1) is 11.5 Å². The molecular formula is C10H22N2O3S. The van der Waals surface area contributed by atoms with E-state index in [0.29, 0.717) is 19.6 Å². The van der Waals surface area contributed by atoms with Gasteiger partial charge in [-0.15, -0.1) is 0 Å². The van der Waals surface area contributed by atoms with Crippen LogP contribution in [0.2, 0.25) is 0 Å². The molecule has 6 heteroatoms. The minimum Gasteiger partial charge on any atom is -0.385 e. The van der Waals surface area contributed by atoms with Gasteiger partial charge in [0.1, 0.15) is 0 Å². The number of nitrogens with two attached hydrogens (primary N) is 1. The molecule has 1 rings (SSSR count). The normalized spacial score (nSPS) is 30.4. The zero-order valence-electron chi connectivity index (χ0n) is 10.0. The third-order valence-electron chi connectivity index (χ3n) is 2.99. The lowest BCUT2D eigenvalue weighted by atomic mass is 10.0. The predicted octanol–water partition coefficient (Wildman–Crippen LogP) is -0.483. The van der Waals surface area contributed by atoms with Crippen molar-refractivity contribution in [2.75, 3.05) is 31.8 Å². The topological polar surface area (TPSA) is 81.4 Å². The first-order valence-electron chi connectivity index (χ1n) is 5.57. The van der Waals surface area contributed by atoms with E-state index in [1.807, 2.05) is 6.92 Å². The summed E-state index contributed by atoms with van der Waals surface area (Å²) in [4.78, 5) is 0. The minimum absolute atomic E-state index is 0.0140. The molecule has 0 spiro atoms. The van der Waals surface area contributed by atoms with Gasteiger partial charge in [0.2, 0.25) is 0 Å². The zero-order chi connectivity index (χ0) is 12.2. The van der Waals surface area contributed by atoms with Crippen LogP contribution in [0, 0.1) is 0 Å². The summed E-state index contributed by atoms with van der Waals surface area (Å²) in [6.07, 6.45) is 1.46. The molecule has 1 fully saturated rings. The van der Waals surface area contributed by atoms with Gasteiger partial charge >= 0.3 is 0 Å². The van der Waals surface area contributed by atoms with Gasteiger partial charge in [0, 0.05) is 31.8 Å². The molecule has 2 atom stereocenters. The van der Waals surface area contributed by atoms with E-state index in [9.17, 15) is 8.42 Å². The van der Waals surface area contributed by atoms with Gasteiger partial charge in [-0.3, -0.25) is 0 Å². The second-order valence-corrected chi connectivity index (χ2v) is 7.01. The number of methoxy groups -OCH3 is 1. The van der Waals surface area contributed by atoms with Crippen molar-refractivity contribution < 1.29 is 13.2 Å². The number of ether oxygens (including phenoxy) is 1. The standard InChI is InChI=1S/C10H22N2O3S/c1-10(4-6-16(13,14)8-10)12-7-9(11)3-5-15-2/h9,12H,3-8,11H2,1-2H3. The number of rotatable bonds is 6. The number of hydrogen-bond donors (Lipinski definition) is 2. The molecule has 0 aromatic rings. The molecule has 1 aliphatic rings. The molecule has 0 saturated carbocycles. The second-order valence-electron chi connectivity index (χ2n) is 4.83. The van der Waals surface area contributed by atoms with Crippen molar-refractivity contribution in [1.82, 2.24) is 5.32 Å². The van der Waals surface area contributed by atoms with Crippen molar-refractivity contribution in [3.8, 4) is 0 Å². The predicted molar refractivity (Wildman–Crippen MR) is 64.1 cm³/mol. The van der Waals surface area contributed by atoms with Crippen LogP contribution in [0.4, 0.5) is 0 Å². The Labute approximate surface area is 97.6 Å². The third-order valence-corrected chi connectivity index (χ3v) is 4.89. The SMILES string of the molecule is COCCC(N)CNC1(C)CCS(=O)(=O)C1. The van der Waals surface area contributed by atoms with Crippen LogP contribution < -0.4 is 11.1 Å². The highest BCUT2D eigenvalue weighted by molar-refractivity contribution is 7.91. The first-order valence-corrected chi connectivity index (χ1v) is 7.39. The van der Waals surface area contributed by atoms with E-state index in [2.05, 4.69) is 5.32 Å². The Morgan fingerprint density at radius 3 is 2.75 bits per heavy atom. The molecule has 0 bridgehead atoms. The summed E-state index contributed by atoms with van der Waals surface area (Å²) in [7, 11) is -1.20. The van der Waals surface area contributed by atoms with Gasteiger partial charge in [0.25, 0.3) is 0 Å². The quantitative estimate of drug-likeness (QED) is 0.665. The molecule has 1 aliphatic heterocycles. The third kappa shape index (κ3) is 4.37. The monoisotopic (exact) mass is 250 g/mol. The molecule has 3 N–H and O–H groups in total. The lowest BCUT2D eigenvalue weighted by Gasteiger charge is -2.26. The summed E-state index contributed by atoms with van der Waals surface area (Å²) in [6.45, 7) is 3.22. The summed E-state index contributed by atoms with van der Waals surface area (Å²) in [5.74, 6) is 0.501. The molecule has 16 heavy (non-hydrogen) atoms. The van der Waals surface area contributed by atoms with E-state index in [-0.39, 0.29) is 23.1 Å². The van der Waals surface area contributed by atoms with Crippen LogP contribution in [-0.4, -0.2) is 51.8 Å². The summed E-state index contributed by atoms with van der Waals surface area (Å²) < 4.78 is 27.7. The Morgan fingerprint density at radius 1 is 1.56 bits per heavy atom. The Hall–Kier alpha value is -0.170. The number of nitrogens with one attached hydrogen (secondary N) is 1. The molecule has 0 aliphatic carbocycles. The van der Waals surface area contributed by atoms with Crippen molar-refractivity contribution in [3.63, 3.8) is 0 Å². The van der Waals surface area contributed by atoms with E-state index >= 15 is 0 Å². The fraction of sp³-hybridized carbons (Fsp3) is 1.00. The Balaban J connectivity index is 2.32. The lowest BCUT2D eigenvalue weighted by Crippen LogP contribution is -2.48. The molecule has 0 radical (unpaired) electrons. The zero-order valence-corrected chi connectivity index (χ0v) is 10.8. The molecule has 0 amide bonds. The largest absolute Gasteiger partial charge is 0.385 e. The van der Waals surface area contributed by atoms with Gasteiger partial charge in [0.15, 0.2) is 9.84 Å². The molecule has 0 aromatic carbocycles. The van der Waals surface area contributed by atoms with Crippen molar-refractivity contribution in [3.05, 3.63) is 0 Å². The maximum atomic E-state index is 11.4. The molecule has 5 nitrogen and oxygen atoms in total. The molecule has 2 unspecified atom stereocenters. The molecule has 1 heterocycles. The smallest absolute Gasteiger partial charge is 0.152 e. The van der Waals surface area contributed by atoms with Crippen LogP contribution in [0.3, 0.4) is 0 Å². The Morgan fingerprint density at radius 2 is 2.25 bits per heavy atom. The van der Waals surface area contributed by atoms with Crippen LogP contribution in [0.25, 0.3) is 0 Å². The fourth-order valence-corrected chi connectivity index (χ4v) is 4.02. The molecule has 96 valence electrons. The average molecular weight is 250 g/mol. The van der Waals surface area contributed by atoms with E-state index < -0.39 is 9.84 Å². The Bertz CT molecular complexity index is 318. The van der Waals surface area contributed by atoms with Gasteiger partial charge in [-0.1, -0.05) is 0 Å². The lowest BCUT2D eigenvalue weighted by molar-refractivity contribution is 0.186. The van der Waals surface area contributed by atoms with Crippen molar-refractivity contribution in [2.24, 2.45) is 5.73 Å². The van der Waals surface area contributed by atoms with Crippen molar-refractivity contribution >= 4 is 9.84 Å². The highest BCUT2D eigenvalue weighted by Gasteiger charge is 2.37. The summed E-state index contributed by atoms with van der Waals surface area (Å²) >= 11 is 0. The number of sulfone groups is 1. The molecule has 1 saturated heterocycles. The maximum Gasteiger partial charge on any atom is 0.152 e. The van der Waals surface area contributed by atoms with Crippen molar-refractivity contribution in [1.29, 1.82) is 0 Å². The molecular weight excluding hydrogens is 228 g/mol. The first kappa shape index (κ1) is 13.9. The minimum atomic E-state index is -2.85. The van der Waals surface area contributed by atoms with E-state index in [1.165, 1.54) is 0 Å². The highest BCUT2D eigenvalue weighted by Crippen LogP contribution is 2.22. The summed E-state index contributed by atoms with van der Waals surface area (Å²) in [5, 5.41) is 3.26. The molecule has 0 aromatic heterocycles. The fourth-order valence-electron chi connectivity index (χ4n) is 1.90. The van der Waals surface area contributed by atoms with Crippen molar-refractivity contribution in [2.45, 2.75) is 31.3 Å². The van der Waals surface area contributed by atoms with E-state index in [4.69, 9.17) is 10.5 Å². The second kappa shape index (κ2) is 5.44. The van der Waals surface area contributed by atoms with Crippen LogP contribution >= 0.6 is 0 Å². The maximum absolute atomic E-state index is 11.4. The number of hydrogen-bond acceptors (Lipinski definition) is 5. The summed E-state index contributed by atoms with van der Waals surface area (Å²) in [6, 6.07) is 0.0140. The van der Waals surface area contributed by atoms with Gasteiger partial charge in [-0.25, -0.2) is 8.42 Å². The van der Waals surface area contributed by atoms with Crippen LogP contribution in [0.1, 0.15) is 19.8 Å². The van der Waals surface area contributed by atoms with Gasteiger partial charge in [-0.05, 0) is 19.8 Å². The average Bonchev–Trinajstić information content (AvgIpc) is 2.48. The first-order chi connectivity index (χ1) is 7.37. The van der Waals surface area contributed by atoms with Crippen LogP contribution in [0.5, 0.6) is 0 Å². The highest BCUT2D eigenvalue weighted by atomic mass is 32.2. The van der Waals surface area contributed by atoms with E-state index in [1.54, 1.807) is 7.11 Å². The Kier molecular flexibility index (Phi) is 4.73. The van der Waals surface area contributed by atoms with Gasteiger partial charge in [-0.2, -0.15) is 0 Å².